The molecular weight excluding hydrogens is 460 g/mol. The fourth-order valence-corrected chi connectivity index (χ4v) is 2.43. The van der Waals surface area contributed by atoms with E-state index < -0.39 is 0 Å². The van der Waals surface area contributed by atoms with E-state index in [-0.39, 0.29) is 37.5 Å². The topological polar surface area (TPSA) is 43.9 Å². The highest BCUT2D eigenvalue weighted by Gasteiger charge is 2.49. The predicted octanol–water partition coefficient (Wildman–Crippen LogP) is 1.74. The van der Waals surface area contributed by atoms with Gasteiger partial charge in [0.2, 0.25) is 11.8 Å². The van der Waals surface area contributed by atoms with Gasteiger partial charge in [-0.2, -0.15) is 0 Å². The molecule has 2 saturated heterocycles. The first-order chi connectivity index (χ1) is 7.95. The number of likely N-dealkylation sites (N-methyl/N-ethyl adjacent to an activating group) is 2. The highest BCUT2D eigenvalue weighted by Crippen LogP contribution is 2.27. The Labute approximate surface area is 133 Å². The van der Waals surface area contributed by atoms with Gasteiger partial charge in [0.05, 0.1) is 12.6 Å². The van der Waals surface area contributed by atoms with Crippen molar-refractivity contribution in [3.05, 3.63) is 0 Å². The highest BCUT2D eigenvalue weighted by molar-refractivity contribution is 15.0. The molecule has 3 unspecified atom stereocenters. The quantitative estimate of drug-likeness (QED) is 0.496. The zero-order valence-electron chi connectivity index (χ0n) is 10.4. The zero-order valence-corrected chi connectivity index (χ0v) is 14.7. The van der Waals surface area contributed by atoms with Crippen molar-refractivity contribution in [2.45, 2.75) is 39.5 Å². The van der Waals surface area contributed by atoms with Crippen molar-refractivity contribution in [2.75, 3.05) is 20.6 Å². The average Bonchev–Trinajstić information content (AvgIpc) is 2.54. The molecule has 3 atom stereocenters. The number of carbonyl (C=O) groups is 2. The predicted molar refractivity (Wildman–Crippen MR) is 89.7 cm³/mol. The Morgan fingerprint density at radius 1 is 1.06 bits per heavy atom. The van der Waals surface area contributed by atoms with Crippen molar-refractivity contribution in [2.24, 2.45) is 0 Å². The summed E-state index contributed by atoms with van der Waals surface area (Å²) >= 11 is 4.24. The van der Waals surface area contributed by atoms with E-state index in [4.69, 9.17) is 0 Å². The van der Waals surface area contributed by atoms with Gasteiger partial charge < -0.3 is 9.80 Å². The summed E-state index contributed by atoms with van der Waals surface area (Å²) in [6.07, 6.45) is 0.0465. The highest BCUT2D eigenvalue weighted by atomic mass is 128. The number of hydrogen-bond acceptors (Lipinski definition) is 3. The molecule has 0 N–H and O–H groups in total. The smallest absolute Gasteiger partial charge is 0.245 e. The van der Waals surface area contributed by atoms with Crippen LogP contribution in [0.4, 0.5) is 0 Å². The van der Waals surface area contributed by atoms with Crippen molar-refractivity contribution >= 4 is 49.0 Å². The van der Waals surface area contributed by atoms with Gasteiger partial charge in [-0.15, -0.1) is 0 Å². The Balaban J connectivity index is 0.000000917. The van der Waals surface area contributed by atoms with Gasteiger partial charge in [0.15, 0.2) is 0 Å². The van der Waals surface area contributed by atoms with Crippen LogP contribution in [0.2, 0.25) is 0 Å². The second kappa shape index (κ2) is 7.22. The van der Waals surface area contributed by atoms with Crippen LogP contribution in [0.15, 0.2) is 0 Å². The molecule has 2 heterocycles. The van der Waals surface area contributed by atoms with E-state index in [1.807, 2.05) is 18.9 Å². The largest absolute Gasteiger partial charge is 0.341 e. The van der Waals surface area contributed by atoms with Gasteiger partial charge >= 0.3 is 0 Å². The van der Waals surface area contributed by atoms with Crippen LogP contribution in [0.1, 0.15) is 21.3 Å². The minimum Gasteiger partial charge on any atom is -0.341 e. The molecule has 0 radical (unpaired) electrons. The van der Waals surface area contributed by atoms with Crippen molar-refractivity contribution in [1.29, 1.82) is 0 Å². The number of amides is 2. The molecule has 0 aliphatic carbocycles. The summed E-state index contributed by atoms with van der Waals surface area (Å²) in [6.45, 7) is 4.29. The molecule has 0 aromatic heterocycles. The van der Waals surface area contributed by atoms with Gasteiger partial charge in [0.25, 0.3) is 0 Å². The van der Waals surface area contributed by atoms with Crippen LogP contribution in [0.3, 0.4) is 0 Å². The van der Waals surface area contributed by atoms with E-state index in [1.165, 1.54) is 0 Å². The molecule has 0 bridgehead atoms. The van der Waals surface area contributed by atoms with Crippen LogP contribution < -0.4 is 0 Å². The monoisotopic (exact) mass is 481 g/mol. The van der Waals surface area contributed by atoms with E-state index >= 15 is 0 Å². The third kappa shape index (κ3) is 2.92. The first kappa shape index (κ1) is 18.4. The van der Waals surface area contributed by atoms with Gasteiger partial charge in [-0.05, 0) is 20.9 Å². The third-order valence-electron chi connectivity index (χ3n) is 3.60. The number of fused-ring (bicyclic) bond motifs is 1. The Morgan fingerprint density at radius 2 is 1.56 bits per heavy atom. The van der Waals surface area contributed by atoms with Crippen LogP contribution in [-0.4, -0.2) is 65.4 Å². The van der Waals surface area contributed by atoms with E-state index in [2.05, 4.69) is 37.2 Å². The summed E-state index contributed by atoms with van der Waals surface area (Å²) < 4.78 is 0. The van der Waals surface area contributed by atoms with Crippen molar-refractivity contribution in [3.8, 4) is 0 Å². The average molecular weight is 481 g/mol. The normalized spacial score (nSPS) is 31.6. The number of hydrogen-bond donors (Lipinski definition) is 0. The van der Waals surface area contributed by atoms with Gasteiger partial charge in [-0.3, -0.25) is 14.5 Å². The summed E-state index contributed by atoms with van der Waals surface area (Å²) in [5.41, 5.74) is 0. The number of halogens is 2. The fourth-order valence-electron chi connectivity index (χ4n) is 2.43. The Morgan fingerprint density at radius 3 is 2.06 bits per heavy atom. The molecule has 0 saturated carbocycles. The fraction of sp³-hybridized carbons (Fsp3) is 0.818. The number of rotatable bonds is 0. The maximum Gasteiger partial charge on any atom is 0.245 e. The lowest BCUT2D eigenvalue weighted by atomic mass is 10.1. The standard InChI is InChI=1S/C10H17N3O2.CH4.I2/c1-6-10(15)13-7(2)9(14)11(3)5-8(13)12(6)4;;1-2/h6-8H,5H2,1-4H3;1H4;. The first-order valence-corrected chi connectivity index (χ1v) is 11.7. The van der Waals surface area contributed by atoms with Gasteiger partial charge in [0, 0.05) is 44.3 Å². The molecule has 2 fully saturated rings. The molecule has 0 spiro atoms. The molecule has 2 rings (SSSR count). The zero-order chi connectivity index (χ0) is 13.3. The minimum absolute atomic E-state index is 0. The second-order valence-corrected chi connectivity index (χ2v) is 4.46. The number of nitrogens with zero attached hydrogens (tertiary/aromatic N) is 3. The molecular formula is C11H21I2N3O2. The first-order valence-electron chi connectivity index (χ1n) is 5.38. The van der Waals surface area contributed by atoms with Gasteiger partial charge in [-0.1, -0.05) is 7.43 Å². The van der Waals surface area contributed by atoms with E-state index in [0.29, 0.717) is 6.54 Å². The Hall–Kier alpha value is 0.360. The molecule has 106 valence electrons. The lowest BCUT2D eigenvalue weighted by Crippen LogP contribution is -2.60. The summed E-state index contributed by atoms with van der Waals surface area (Å²) in [4.78, 5) is 29.1. The van der Waals surface area contributed by atoms with Crippen LogP contribution in [0, 0.1) is 0 Å². The van der Waals surface area contributed by atoms with Crippen molar-refractivity contribution < 1.29 is 9.59 Å². The van der Waals surface area contributed by atoms with Gasteiger partial charge in [-0.25, -0.2) is 0 Å². The molecule has 2 aliphatic heterocycles. The third-order valence-corrected chi connectivity index (χ3v) is 3.60. The molecule has 7 heteroatoms. The second-order valence-electron chi connectivity index (χ2n) is 4.46. The van der Waals surface area contributed by atoms with E-state index in [9.17, 15) is 9.59 Å². The van der Waals surface area contributed by atoms with Crippen LogP contribution in [-0.2, 0) is 9.59 Å². The van der Waals surface area contributed by atoms with Crippen molar-refractivity contribution in [1.82, 2.24) is 14.7 Å². The Kier molecular flexibility index (Phi) is 7.37. The molecule has 5 nitrogen and oxygen atoms in total. The molecule has 18 heavy (non-hydrogen) atoms. The van der Waals surface area contributed by atoms with Gasteiger partial charge in [0.1, 0.15) is 12.2 Å². The van der Waals surface area contributed by atoms with Crippen molar-refractivity contribution in [3.63, 3.8) is 0 Å². The summed E-state index contributed by atoms with van der Waals surface area (Å²) in [5, 5.41) is 0. The maximum absolute atomic E-state index is 11.9. The molecule has 0 aromatic carbocycles. The maximum atomic E-state index is 11.9. The lowest BCUT2D eigenvalue weighted by Gasteiger charge is -2.41. The molecule has 0 aromatic rings. The van der Waals surface area contributed by atoms with E-state index in [1.54, 1.807) is 23.8 Å². The van der Waals surface area contributed by atoms with Crippen LogP contribution in [0.5, 0.6) is 0 Å². The summed E-state index contributed by atoms with van der Waals surface area (Å²) in [5.74, 6) is 0.0959. The number of carbonyl (C=O) groups excluding carboxylic acids is 2. The molecule has 2 aliphatic rings. The Bertz CT molecular complexity index is 327. The number of piperazine rings is 1. The minimum atomic E-state index is -0.325. The summed E-state index contributed by atoms with van der Waals surface area (Å²) in [7, 11) is 3.72. The summed E-state index contributed by atoms with van der Waals surface area (Å²) in [6, 6.07) is -0.439. The van der Waals surface area contributed by atoms with E-state index in [0.717, 1.165) is 0 Å². The lowest BCUT2D eigenvalue weighted by molar-refractivity contribution is -0.150. The SMILES string of the molecule is C.CC1C(=O)N2C(C)C(=O)N(C)CC2N1C.II. The molecule has 2 amide bonds. The van der Waals surface area contributed by atoms with Crippen LogP contribution in [0.25, 0.3) is 0 Å². The van der Waals surface area contributed by atoms with Crippen LogP contribution >= 0.6 is 37.2 Å².